The first-order valence-electron chi connectivity index (χ1n) is 12.1. The molecule has 3 nitrogen and oxygen atoms in total. The van der Waals surface area contributed by atoms with Crippen molar-refractivity contribution >= 4 is 28.3 Å². The van der Waals surface area contributed by atoms with Gasteiger partial charge in [-0.05, 0) is 58.7 Å². The fourth-order valence-electron chi connectivity index (χ4n) is 4.35. The van der Waals surface area contributed by atoms with Gasteiger partial charge < -0.3 is 10.2 Å². The zero-order valence-electron chi connectivity index (χ0n) is 20.4. The summed E-state index contributed by atoms with van der Waals surface area (Å²) in [6.45, 7) is 3.07. The van der Waals surface area contributed by atoms with E-state index in [1.807, 2.05) is 30.3 Å². The summed E-state index contributed by atoms with van der Waals surface area (Å²) < 4.78 is 38.9. The number of fused-ring (bicyclic) bond motifs is 1. The molecule has 7 heteroatoms. The van der Waals surface area contributed by atoms with Crippen LogP contribution in [0.3, 0.4) is 0 Å². The van der Waals surface area contributed by atoms with Gasteiger partial charge in [-0.15, -0.1) is 0 Å². The molecule has 4 rings (SSSR count). The number of nitrogens with zero attached hydrogens (tertiary/aromatic N) is 1. The number of carbonyl (C=O) groups is 1. The highest BCUT2D eigenvalue weighted by Gasteiger charge is 2.30. The van der Waals surface area contributed by atoms with Gasteiger partial charge in [0.1, 0.15) is 0 Å². The van der Waals surface area contributed by atoms with Crippen molar-refractivity contribution in [2.45, 2.75) is 38.7 Å². The van der Waals surface area contributed by atoms with E-state index < -0.39 is 11.7 Å². The molecule has 0 radical (unpaired) electrons. The third-order valence-electron chi connectivity index (χ3n) is 6.37. The molecule has 1 amide bonds. The lowest BCUT2D eigenvalue weighted by molar-refractivity contribution is -0.137. The molecule has 0 saturated carbocycles. The lowest BCUT2D eigenvalue weighted by Gasteiger charge is -2.24. The minimum absolute atomic E-state index is 0.0403. The van der Waals surface area contributed by atoms with Crippen LogP contribution in [0.1, 0.15) is 41.6 Å². The van der Waals surface area contributed by atoms with Crippen LogP contribution in [0.4, 0.5) is 13.2 Å². The predicted molar refractivity (Wildman–Crippen MR) is 142 cm³/mol. The molecule has 0 saturated heterocycles. The Morgan fingerprint density at radius 2 is 1.46 bits per heavy atom. The Morgan fingerprint density at radius 3 is 2.11 bits per heavy atom. The van der Waals surface area contributed by atoms with Gasteiger partial charge in [-0.2, -0.15) is 13.2 Å². The maximum absolute atomic E-state index is 13.3. The average Bonchev–Trinajstić information content (AvgIpc) is 2.89. The number of halogens is 4. The summed E-state index contributed by atoms with van der Waals surface area (Å²) in [7, 11) is 0. The lowest BCUT2D eigenvalue weighted by Crippen LogP contribution is -2.33. The molecule has 1 atom stereocenters. The largest absolute Gasteiger partial charge is 0.416 e. The van der Waals surface area contributed by atoms with Gasteiger partial charge in [0.25, 0.3) is 0 Å². The van der Waals surface area contributed by atoms with Gasteiger partial charge in [0.05, 0.1) is 5.56 Å². The Bertz CT molecular complexity index is 1330. The number of amides is 1. The van der Waals surface area contributed by atoms with Crippen LogP contribution >= 0.6 is 11.6 Å². The minimum atomic E-state index is -4.40. The molecule has 4 aromatic rings. The van der Waals surface area contributed by atoms with Crippen molar-refractivity contribution in [2.24, 2.45) is 0 Å². The van der Waals surface area contributed by atoms with Crippen LogP contribution in [0, 0.1) is 0 Å². The molecular weight excluding hydrogens is 497 g/mol. The molecule has 0 aromatic heterocycles. The summed E-state index contributed by atoms with van der Waals surface area (Å²) in [4.78, 5) is 14.9. The minimum Gasteiger partial charge on any atom is -0.334 e. The molecule has 192 valence electrons. The maximum atomic E-state index is 13.3. The number of hydrogen-bond donors (Lipinski definition) is 1. The summed E-state index contributed by atoms with van der Waals surface area (Å²) in [5, 5.41) is 6.37. The van der Waals surface area contributed by atoms with E-state index in [0.717, 1.165) is 28.6 Å². The Morgan fingerprint density at radius 1 is 0.865 bits per heavy atom. The van der Waals surface area contributed by atoms with Crippen molar-refractivity contribution in [1.82, 2.24) is 10.2 Å². The predicted octanol–water partition coefficient (Wildman–Crippen LogP) is 7.78. The van der Waals surface area contributed by atoms with Crippen molar-refractivity contribution in [3.05, 3.63) is 118 Å². The third kappa shape index (κ3) is 7.12. The smallest absolute Gasteiger partial charge is 0.334 e. The zero-order chi connectivity index (χ0) is 26.4. The standard InChI is InChI=1S/C30H28ClF3N2O/c1-21(27-8-4-6-24-5-2-3-7-28(24)27)35-18-17-29(37)36(20-23-11-15-26(31)16-12-23)19-22-9-13-25(14-10-22)30(32,33)34/h2-16,21,35H,17-20H2,1H3/t21-/m1/s1. The molecule has 0 aliphatic rings. The van der Waals surface area contributed by atoms with E-state index in [4.69, 9.17) is 11.6 Å². The van der Waals surface area contributed by atoms with Crippen LogP contribution in [-0.2, 0) is 24.1 Å². The Kier molecular flexibility index (Phi) is 8.52. The quantitative estimate of drug-likeness (QED) is 0.242. The number of alkyl halides is 3. The first-order chi connectivity index (χ1) is 17.7. The topological polar surface area (TPSA) is 32.3 Å². The fourth-order valence-corrected chi connectivity index (χ4v) is 4.48. The average molecular weight is 525 g/mol. The number of rotatable bonds is 9. The monoisotopic (exact) mass is 524 g/mol. The van der Waals surface area contributed by atoms with Crippen LogP contribution in [0.5, 0.6) is 0 Å². The molecule has 0 unspecified atom stereocenters. The SMILES string of the molecule is C[C@@H](NCCC(=O)N(Cc1ccc(Cl)cc1)Cc1ccc(C(F)(F)F)cc1)c1cccc2ccccc12. The second-order valence-electron chi connectivity index (χ2n) is 9.07. The molecule has 37 heavy (non-hydrogen) atoms. The van der Waals surface area contributed by atoms with Crippen LogP contribution in [0.2, 0.25) is 5.02 Å². The number of hydrogen-bond acceptors (Lipinski definition) is 2. The van der Waals surface area contributed by atoms with Gasteiger partial charge in [0.15, 0.2) is 0 Å². The molecule has 1 N–H and O–H groups in total. The normalized spacial score (nSPS) is 12.5. The Labute approximate surface area is 219 Å². The van der Waals surface area contributed by atoms with Crippen molar-refractivity contribution in [3.63, 3.8) is 0 Å². The molecule has 0 aliphatic carbocycles. The molecule has 0 bridgehead atoms. The van der Waals surface area contributed by atoms with Crippen molar-refractivity contribution in [2.75, 3.05) is 6.54 Å². The van der Waals surface area contributed by atoms with Gasteiger partial charge >= 0.3 is 6.18 Å². The van der Waals surface area contributed by atoms with Crippen molar-refractivity contribution < 1.29 is 18.0 Å². The summed E-state index contributed by atoms with van der Waals surface area (Å²) in [6.07, 6.45) is -4.15. The van der Waals surface area contributed by atoms with E-state index in [0.29, 0.717) is 23.7 Å². The van der Waals surface area contributed by atoms with E-state index in [1.165, 1.54) is 17.5 Å². The first-order valence-corrected chi connectivity index (χ1v) is 12.5. The highest BCUT2D eigenvalue weighted by Crippen LogP contribution is 2.29. The van der Waals surface area contributed by atoms with Crippen LogP contribution in [0.25, 0.3) is 10.8 Å². The van der Waals surface area contributed by atoms with Crippen molar-refractivity contribution in [3.8, 4) is 0 Å². The Hall–Kier alpha value is -3.35. The summed E-state index contributed by atoms with van der Waals surface area (Å²) >= 11 is 6.00. The highest BCUT2D eigenvalue weighted by atomic mass is 35.5. The molecule has 0 aliphatic heterocycles. The lowest BCUT2D eigenvalue weighted by atomic mass is 9.99. The molecule has 0 spiro atoms. The zero-order valence-corrected chi connectivity index (χ0v) is 21.2. The van der Waals surface area contributed by atoms with Gasteiger partial charge in [0.2, 0.25) is 5.91 Å². The van der Waals surface area contributed by atoms with E-state index in [9.17, 15) is 18.0 Å². The number of carbonyl (C=O) groups excluding carboxylic acids is 1. The summed E-state index contributed by atoms with van der Waals surface area (Å²) in [5.74, 6) is -0.0903. The van der Waals surface area contributed by atoms with Gasteiger partial charge in [0, 0.05) is 37.1 Å². The number of nitrogens with one attached hydrogen (secondary N) is 1. The van der Waals surface area contributed by atoms with Gasteiger partial charge in [-0.3, -0.25) is 4.79 Å². The second-order valence-corrected chi connectivity index (χ2v) is 9.50. The van der Waals surface area contributed by atoms with Crippen LogP contribution in [0.15, 0.2) is 91.0 Å². The third-order valence-corrected chi connectivity index (χ3v) is 6.63. The van der Waals surface area contributed by atoms with E-state index in [-0.39, 0.29) is 24.9 Å². The first kappa shape index (κ1) is 26.7. The van der Waals surface area contributed by atoms with Crippen molar-refractivity contribution in [1.29, 1.82) is 0 Å². The molecule has 0 heterocycles. The summed E-state index contributed by atoms with van der Waals surface area (Å²) in [5.41, 5.74) is 1.97. The fraction of sp³-hybridized carbons (Fsp3) is 0.233. The van der Waals surface area contributed by atoms with E-state index in [2.05, 4.69) is 36.5 Å². The number of benzene rings is 4. The maximum Gasteiger partial charge on any atom is 0.416 e. The van der Waals surface area contributed by atoms with Crippen LogP contribution in [-0.4, -0.2) is 17.4 Å². The van der Waals surface area contributed by atoms with Gasteiger partial charge in [-0.25, -0.2) is 0 Å². The van der Waals surface area contributed by atoms with E-state index in [1.54, 1.807) is 17.0 Å². The van der Waals surface area contributed by atoms with E-state index >= 15 is 0 Å². The van der Waals surface area contributed by atoms with Crippen LogP contribution < -0.4 is 5.32 Å². The van der Waals surface area contributed by atoms with Gasteiger partial charge in [-0.1, -0.05) is 78.3 Å². The summed E-state index contributed by atoms with van der Waals surface area (Å²) in [6, 6.07) is 26.5. The second kappa shape index (κ2) is 11.8. The Balaban J connectivity index is 1.43. The highest BCUT2D eigenvalue weighted by molar-refractivity contribution is 6.30. The molecule has 4 aromatic carbocycles. The molecular formula is C30H28ClF3N2O. The molecule has 0 fully saturated rings.